The van der Waals surface area contributed by atoms with Crippen LogP contribution in [-0.2, 0) is 0 Å². The molecule has 58 valence electrons. The summed E-state index contributed by atoms with van der Waals surface area (Å²) < 4.78 is 0. The van der Waals surface area contributed by atoms with Crippen LogP contribution in [0.2, 0.25) is 0 Å². The summed E-state index contributed by atoms with van der Waals surface area (Å²) in [5, 5.41) is 0. The molecule has 0 atom stereocenters. The average molecular weight is 141 g/mol. The van der Waals surface area contributed by atoms with E-state index in [0.29, 0.717) is 0 Å². The summed E-state index contributed by atoms with van der Waals surface area (Å²) in [4.78, 5) is 2.31. The Kier molecular flexibility index (Phi) is 4.67. The maximum atomic E-state index is 2.31. The van der Waals surface area contributed by atoms with Crippen LogP contribution < -0.4 is 0 Å². The highest BCUT2D eigenvalue weighted by molar-refractivity contribution is 5.08. The predicted octanol–water partition coefficient (Wildman–Crippen LogP) is 0.957. The van der Waals surface area contributed by atoms with Crippen molar-refractivity contribution in [3.05, 3.63) is 24.4 Å². The Balaban J connectivity index is 0.000000810. The van der Waals surface area contributed by atoms with Crippen LogP contribution in [0.5, 0.6) is 0 Å². The predicted molar refractivity (Wildman–Crippen MR) is 43.8 cm³/mol. The Labute approximate surface area is 62.1 Å². The molecule has 0 aliphatic carbocycles. The largest absolute Gasteiger partial charge is 0.412 e. The summed E-state index contributed by atoms with van der Waals surface area (Å²) in [7, 11) is 0. The van der Waals surface area contributed by atoms with Gasteiger partial charge in [0.15, 0.2) is 0 Å². The molecule has 0 unspecified atom stereocenters. The van der Waals surface area contributed by atoms with Gasteiger partial charge in [-0.25, -0.2) is 0 Å². The van der Waals surface area contributed by atoms with Crippen LogP contribution in [0.3, 0.4) is 0 Å². The first-order valence-electron chi connectivity index (χ1n) is 3.51. The molecule has 2 nitrogen and oxygen atoms in total. The molecule has 0 amide bonds. The van der Waals surface area contributed by atoms with E-state index in [4.69, 9.17) is 0 Å². The molecule has 2 N–H and O–H groups in total. The quantitative estimate of drug-likeness (QED) is 0.564. The molecule has 1 aliphatic heterocycles. The molecule has 0 aromatic heterocycles. The van der Waals surface area contributed by atoms with Gasteiger partial charge < -0.3 is 10.4 Å². The van der Waals surface area contributed by atoms with Crippen LogP contribution in [0.1, 0.15) is 13.3 Å². The van der Waals surface area contributed by atoms with Crippen molar-refractivity contribution in [2.24, 2.45) is 0 Å². The van der Waals surface area contributed by atoms with Crippen molar-refractivity contribution in [3.8, 4) is 0 Å². The van der Waals surface area contributed by atoms with Crippen LogP contribution in [0.15, 0.2) is 24.4 Å². The molecule has 2 heteroatoms. The van der Waals surface area contributed by atoms with E-state index in [1.807, 2.05) is 0 Å². The van der Waals surface area contributed by atoms with E-state index in [1.54, 1.807) is 0 Å². The Morgan fingerprint density at radius 2 is 2.20 bits per heavy atom. The fourth-order valence-electron chi connectivity index (χ4n) is 0.960. The van der Waals surface area contributed by atoms with E-state index in [0.717, 1.165) is 6.54 Å². The second kappa shape index (κ2) is 5.06. The van der Waals surface area contributed by atoms with Gasteiger partial charge in [0.25, 0.3) is 0 Å². The zero-order valence-electron chi connectivity index (χ0n) is 6.38. The number of hydrogen-bond donors (Lipinski definition) is 0. The molecule has 10 heavy (non-hydrogen) atoms. The molecule has 0 fully saturated rings. The highest BCUT2D eigenvalue weighted by Gasteiger charge is 1.94. The first-order chi connectivity index (χ1) is 4.43. The molecule has 0 aromatic carbocycles. The maximum absolute atomic E-state index is 2.31. The lowest BCUT2D eigenvalue weighted by Gasteiger charge is -2.18. The van der Waals surface area contributed by atoms with Crippen molar-refractivity contribution in [3.63, 3.8) is 0 Å². The average Bonchev–Trinajstić information content (AvgIpc) is 1.91. The topological polar surface area (TPSA) is 34.7 Å². The van der Waals surface area contributed by atoms with Gasteiger partial charge in [-0.3, -0.25) is 0 Å². The molecule has 1 heterocycles. The lowest BCUT2D eigenvalue weighted by Crippen LogP contribution is -2.19. The van der Waals surface area contributed by atoms with Gasteiger partial charge >= 0.3 is 0 Å². The van der Waals surface area contributed by atoms with Gasteiger partial charge in [0.05, 0.1) is 0 Å². The lowest BCUT2D eigenvalue weighted by molar-refractivity contribution is 0.411. The number of allylic oxidation sites excluding steroid dienone is 2. The summed E-state index contributed by atoms with van der Waals surface area (Å²) >= 11 is 0. The minimum atomic E-state index is 0. The molecule has 0 saturated carbocycles. The summed E-state index contributed by atoms with van der Waals surface area (Å²) in [6.07, 6.45) is 9.72. The fraction of sp³-hybridized carbons (Fsp3) is 0.500. The van der Waals surface area contributed by atoms with Crippen molar-refractivity contribution in [2.45, 2.75) is 13.3 Å². The Morgan fingerprint density at radius 1 is 1.40 bits per heavy atom. The molecule has 1 rings (SSSR count). The van der Waals surface area contributed by atoms with Crippen molar-refractivity contribution in [2.75, 3.05) is 13.1 Å². The van der Waals surface area contributed by atoms with Crippen LogP contribution in [0.25, 0.3) is 0 Å². The third kappa shape index (κ3) is 2.69. The minimum absolute atomic E-state index is 0. The van der Waals surface area contributed by atoms with E-state index in [1.165, 1.54) is 13.0 Å². The van der Waals surface area contributed by atoms with Crippen LogP contribution in [-0.4, -0.2) is 23.5 Å². The van der Waals surface area contributed by atoms with E-state index in [-0.39, 0.29) is 5.48 Å². The Hall–Kier alpha value is -0.760. The highest BCUT2D eigenvalue weighted by atomic mass is 16.0. The first-order valence-corrected chi connectivity index (χ1v) is 3.51. The highest BCUT2D eigenvalue weighted by Crippen LogP contribution is 1.98. The molecule has 0 saturated heterocycles. The SMILES string of the molecule is CCCN1C=CC=CC1.O. The molecule has 0 aromatic rings. The normalized spacial score (nSPS) is 15.1. The van der Waals surface area contributed by atoms with E-state index in [9.17, 15) is 0 Å². The van der Waals surface area contributed by atoms with Gasteiger partial charge in [-0.05, 0) is 18.7 Å². The summed E-state index contributed by atoms with van der Waals surface area (Å²) in [5.41, 5.74) is 0. The fourth-order valence-corrected chi connectivity index (χ4v) is 0.960. The third-order valence-corrected chi connectivity index (χ3v) is 1.39. The molecular formula is C8H15NO. The van der Waals surface area contributed by atoms with Crippen LogP contribution >= 0.6 is 0 Å². The van der Waals surface area contributed by atoms with Crippen molar-refractivity contribution in [1.29, 1.82) is 0 Å². The Bertz CT molecular complexity index is 129. The smallest absolute Gasteiger partial charge is 0.0357 e. The standard InChI is InChI=1S/C8H13N.H2O/c1-2-6-9-7-4-3-5-8-9;/h3-5,7H,2,6,8H2,1H3;1H2. The molecule has 0 spiro atoms. The molecular weight excluding hydrogens is 126 g/mol. The molecule has 0 radical (unpaired) electrons. The Morgan fingerprint density at radius 3 is 2.70 bits per heavy atom. The van der Waals surface area contributed by atoms with Crippen LogP contribution in [0, 0.1) is 0 Å². The number of rotatable bonds is 2. The minimum Gasteiger partial charge on any atom is -0.412 e. The van der Waals surface area contributed by atoms with E-state index < -0.39 is 0 Å². The third-order valence-electron chi connectivity index (χ3n) is 1.39. The first kappa shape index (κ1) is 9.24. The van der Waals surface area contributed by atoms with Gasteiger partial charge in [0, 0.05) is 13.1 Å². The van der Waals surface area contributed by atoms with Crippen molar-refractivity contribution < 1.29 is 5.48 Å². The summed E-state index contributed by atoms with van der Waals surface area (Å²) in [6, 6.07) is 0. The summed E-state index contributed by atoms with van der Waals surface area (Å²) in [5.74, 6) is 0. The summed E-state index contributed by atoms with van der Waals surface area (Å²) in [6.45, 7) is 4.47. The van der Waals surface area contributed by atoms with Crippen LogP contribution in [0.4, 0.5) is 0 Å². The second-order valence-electron chi connectivity index (χ2n) is 2.26. The lowest BCUT2D eigenvalue weighted by atomic mass is 10.3. The van der Waals surface area contributed by atoms with Gasteiger partial charge in [0.1, 0.15) is 0 Å². The number of hydrogen-bond acceptors (Lipinski definition) is 1. The van der Waals surface area contributed by atoms with Crippen molar-refractivity contribution >= 4 is 0 Å². The van der Waals surface area contributed by atoms with E-state index in [2.05, 4.69) is 36.3 Å². The van der Waals surface area contributed by atoms with E-state index >= 15 is 0 Å². The van der Waals surface area contributed by atoms with Gasteiger partial charge in [-0.1, -0.05) is 19.1 Å². The van der Waals surface area contributed by atoms with Gasteiger partial charge in [-0.15, -0.1) is 0 Å². The molecule has 0 bridgehead atoms. The molecule has 1 aliphatic rings. The van der Waals surface area contributed by atoms with Crippen molar-refractivity contribution in [1.82, 2.24) is 4.90 Å². The second-order valence-corrected chi connectivity index (χ2v) is 2.26. The maximum Gasteiger partial charge on any atom is 0.0357 e. The monoisotopic (exact) mass is 141 g/mol. The zero-order chi connectivity index (χ0) is 6.53. The van der Waals surface area contributed by atoms with Gasteiger partial charge in [0.2, 0.25) is 0 Å². The number of nitrogens with zero attached hydrogens (tertiary/aromatic N) is 1. The van der Waals surface area contributed by atoms with Gasteiger partial charge in [-0.2, -0.15) is 0 Å². The zero-order valence-corrected chi connectivity index (χ0v) is 6.38.